The summed E-state index contributed by atoms with van der Waals surface area (Å²) in [4.78, 5) is 11.5. The third kappa shape index (κ3) is 4.26. The lowest BCUT2D eigenvalue weighted by molar-refractivity contribution is 0.0378. The van der Waals surface area contributed by atoms with Crippen LogP contribution in [0, 0.1) is 0 Å². The van der Waals surface area contributed by atoms with Crippen molar-refractivity contribution in [2.45, 2.75) is 20.0 Å². The maximum atomic E-state index is 11.5. The molecule has 0 saturated carbocycles. The van der Waals surface area contributed by atoms with Crippen LogP contribution in [0.2, 0.25) is 0 Å². The van der Waals surface area contributed by atoms with E-state index in [9.17, 15) is 4.79 Å². The molecule has 17 heavy (non-hydrogen) atoms. The second kappa shape index (κ2) is 6.49. The van der Waals surface area contributed by atoms with Crippen molar-refractivity contribution in [3.05, 3.63) is 23.8 Å². The van der Waals surface area contributed by atoms with Gasteiger partial charge in [-0.3, -0.25) is 0 Å². The van der Waals surface area contributed by atoms with Crippen LogP contribution in [0.3, 0.4) is 0 Å². The van der Waals surface area contributed by atoms with Crippen molar-refractivity contribution < 1.29 is 19.6 Å². The van der Waals surface area contributed by atoms with Crippen LogP contribution in [-0.4, -0.2) is 29.2 Å². The third-order valence-electron chi connectivity index (χ3n) is 1.94. The molecule has 0 aliphatic heterocycles. The summed E-state index contributed by atoms with van der Waals surface area (Å²) in [6.45, 7) is 3.49. The van der Waals surface area contributed by atoms with Crippen LogP contribution >= 0.6 is 12.4 Å². The molecule has 5 nitrogen and oxygen atoms in total. The smallest absolute Gasteiger partial charge is 0.459 e. The van der Waals surface area contributed by atoms with Crippen LogP contribution in [-0.2, 0) is 4.74 Å². The molecule has 0 radical (unpaired) electrons. The van der Waals surface area contributed by atoms with Gasteiger partial charge in [0.2, 0.25) is 0 Å². The number of benzene rings is 1. The molecule has 0 fully saturated rings. The normalized spacial score (nSPS) is 9.71. The zero-order valence-corrected chi connectivity index (χ0v) is 10.4. The van der Waals surface area contributed by atoms with E-state index in [2.05, 4.69) is 0 Å². The van der Waals surface area contributed by atoms with Crippen LogP contribution < -0.4 is 11.2 Å². The van der Waals surface area contributed by atoms with Gasteiger partial charge in [-0.15, -0.1) is 12.4 Å². The van der Waals surface area contributed by atoms with E-state index in [1.54, 1.807) is 13.8 Å². The molecule has 94 valence electrons. The fourth-order valence-corrected chi connectivity index (χ4v) is 1.22. The Bertz CT molecular complexity index is 398. The minimum atomic E-state index is -1.64. The first-order valence-electron chi connectivity index (χ1n) is 4.88. The molecule has 1 aromatic carbocycles. The van der Waals surface area contributed by atoms with Crippen LogP contribution in [0.4, 0.5) is 5.69 Å². The topological polar surface area (TPSA) is 92.8 Å². The minimum Gasteiger partial charge on any atom is -0.459 e. The van der Waals surface area contributed by atoms with Gasteiger partial charge in [0.1, 0.15) is 0 Å². The molecule has 0 aromatic heterocycles. The summed E-state index contributed by atoms with van der Waals surface area (Å²) in [5.74, 6) is -0.485. The zero-order chi connectivity index (χ0) is 12.3. The molecule has 0 atom stereocenters. The molecular weight excluding hydrogens is 244 g/mol. The van der Waals surface area contributed by atoms with E-state index >= 15 is 0 Å². The van der Waals surface area contributed by atoms with Crippen LogP contribution in [0.15, 0.2) is 18.2 Å². The van der Waals surface area contributed by atoms with E-state index in [4.69, 9.17) is 20.5 Å². The number of carbonyl (C=O) groups is 1. The lowest BCUT2D eigenvalue weighted by Gasteiger charge is -2.10. The number of halogens is 1. The Morgan fingerprint density at radius 2 is 2.00 bits per heavy atom. The highest BCUT2D eigenvalue weighted by molar-refractivity contribution is 6.60. The Morgan fingerprint density at radius 1 is 1.41 bits per heavy atom. The Balaban J connectivity index is 0.00000256. The van der Waals surface area contributed by atoms with Crippen molar-refractivity contribution >= 4 is 36.6 Å². The number of nitrogens with two attached hydrogens (primary N) is 1. The van der Waals surface area contributed by atoms with Gasteiger partial charge in [-0.05, 0) is 26.0 Å². The van der Waals surface area contributed by atoms with E-state index in [1.165, 1.54) is 18.2 Å². The molecule has 4 N–H and O–H groups in total. The highest BCUT2D eigenvalue weighted by Gasteiger charge is 2.17. The van der Waals surface area contributed by atoms with Crippen molar-refractivity contribution in [1.82, 2.24) is 0 Å². The summed E-state index contributed by atoms with van der Waals surface area (Å²) in [5.41, 5.74) is 6.16. The summed E-state index contributed by atoms with van der Waals surface area (Å²) in [7, 11) is -1.64. The Kier molecular flexibility index (Phi) is 6.02. The number of hydrogen-bond donors (Lipinski definition) is 3. The monoisotopic (exact) mass is 259 g/mol. The maximum absolute atomic E-state index is 11.5. The lowest BCUT2D eigenvalue weighted by atomic mass is 9.78. The Hall–Kier alpha value is -1.24. The Morgan fingerprint density at radius 3 is 2.41 bits per heavy atom. The molecule has 7 heteroatoms. The van der Waals surface area contributed by atoms with Crippen molar-refractivity contribution in [2.75, 3.05) is 5.73 Å². The maximum Gasteiger partial charge on any atom is 0.490 e. The van der Waals surface area contributed by atoms with Gasteiger partial charge in [0, 0.05) is 11.2 Å². The molecule has 0 saturated heterocycles. The van der Waals surface area contributed by atoms with Gasteiger partial charge in [0.25, 0.3) is 0 Å². The predicted octanol–water partition coefficient (Wildman–Crippen LogP) is -0.0644. The number of anilines is 1. The van der Waals surface area contributed by atoms with Gasteiger partial charge in [-0.25, -0.2) is 4.79 Å². The second-order valence-electron chi connectivity index (χ2n) is 3.67. The fourth-order valence-electron chi connectivity index (χ4n) is 1.22. The molecular formula is C10H15BClNO4. The lowest BCUT2D eigenvalue weighted by Crippen LogP contribution is -2.32. The average molecular weight is 259 g/mol. The average Bonchev–Trinajstić information content (AvgIpc) is 2.15. The second-order valence-corrected chi connectivity index (χ2v) is 3.67. The van der Waals surface area contributed by atoms with Gasteiger partial charge in [0.15, 0.2) is 0 Å². The van der Waals surface area contributed by atoms with Gasteiger partial charge < -0.3 is 20.5 Å². The highest BCUT2D eigenvalue weighted by Crippen LogP contribution is 2.08. The van der Waals surface area contributed by atoms with Crippen LogP contribution in [0.5, 0.6) is 0 Å². The van der Waals surface area contributed by atoms with Gasteiger partial charge in [0.05, 0.1) is 11.7 Å². The largest absolute Gasteiger partial charge is 0.490 e. The van der Waals surface area contributed by atoms with E-state index in [0.717, 1.165) is 0 Å². The number of carbonyl (C=O) groups excluding carboxylic acids is 1. The quantitative estimate of drug-likeness (QED) is 0.402. The van der Waals surface area contributed by atoms with Crippen molar-refractivity contribution in [1.29, 1.82) is 0 Å². The van der Waals surface area contributed by atoms with Gasteiger partial charge in [-0.2, -0.15) is 0 Å². The van der Waals surface area contributed by atoms with Crippen molar-refractivity contribution in [3.63, 3.8) is 0 Å². The summed E-state index contributed by atoms with van der Waals surface area (Å²) in [6, 6.07) is 4.19. The first kappa shape index (κ1) is 15.8. The zero-order valence-electron chi connectivity index (χ0n) is 9.58. The van der Waals surface area contributed by atoms with E-state index in [0.29, 0.717) is 0 Å². The third-order valence-corrected chi connectivity index (χ3v) is 1.94. The highest BCUT2D eigenvalue weighted by atomic mass is 35.5. The van der Waals surface area contributed by atoms with Gasteiger partial charge in [-0.1, -0.05) is 6.07 Å². The van der Waals surface area contributed by atoms with E-state index in [-0.39, 0.29) is 35.2 Å². The molecule has 0 amide bonds. The molecule has 0 aliphatic rings. The standard InChI is InChI=1S/C10H14BNO4.ClH/c1-6(2)16-10(13)7-3-4-8(11(14)15)9(12)5-7;/h3-6,14-15H,12H2,1-2H3;1H. The molecule has 0 aliphatic carbocycles. The first-order valence-corrected chi connectivity index (χ1v) is 4.88. The number of nitrogen functional groups attached to an aromatic ring is 1. The molecule has 0 spiro atoms. The van der Waals surface area contributed by atoms with E-state index in [1.807, 2.05) is 0 Å². The molecule has 1 rings (SSSR count). The Labute approximate surface area is 106 Å². The number of esters is 1. The van der Waals surface area contributed by atoms with Gasteiger partial charge >= 0.3 is 13.1 Å². The SMILES string of the molecule is CC(C)OC(=O)c1ccc(B(O)O)c(N)c1.Cl. The van der Waals surface area contributed by atoms with Crippen LogP contribution in [0.25, 0.3) is 0 Å². The molecule has 1 aromatic rings. The number of rotatable bonds is 3. The molecule has 0 unspecified atom stereocenters. The molecule has 0 heterocycles. The van der Waals surface area contributed by atoms with Crippen molar-refractivity contribution in [2.24, 2.45) is 0 Å². The van der Waals surface area contributed by atoms with Crippen LogP contribution in [0.1, 0.15) is 24.2 Å². The summed E-state index contributed by atoms with van der Waals surface area (Å²) >= 11 is 0. The first-order chi connectivity index (χ1) is 7.41. The number of ether oxygens (including phenoxy) is 1. The van der Waals surface area contributed by atoms with Crippen molar-refractivity contribution in [3.8, 4) is 0 Å². The molecule has 0 bridgehead atoms. The summed E-state index contributed by atoms with van der Waals surface area (Å²) < 4.78 is 4.97. The number of hydrogen-bond acceptors (Lipinski definition) is 5. The summed E-state index contributed by atoms with van der Waals surface area (Å²) in [5, 5.41) is 17.9. The predicted molar refractivity (Wildman–Crippen MR) is 68.5 cm³/mol. The summed E-state index contributed by atoms with van der Waals surface area (Å²) in [6.07, 6.45) is -0.211. The fraction of sp³-hybridized carbons (Fsp3) is 0.300. The van der Waals surface area contributed by atoms with E-state index < -0.39 is 13.1 Å². The minimum absolute atomic E-state index is 0.